The highest BCUT2D eigenvalue weighted by Crippen LogP contribution is 2.20. The maximum Gasteiger partial charge on any atom is 0.269 e. The van der Waals surface area contributed by atoms with Crippen LogP contribution < -0.4 is 5.43 Å². The third-order valence-electron chi connectivity index (χ3n) is 4.22. The number of nitrogens with one attached hydrogen (secondary N) is 2. The molecule has 0 saturated carbocycles. The molecule has 0 radical (unpaired) electrons. The highest BCUT2D eigenvalue weighted by molar-refractivity contribution is 5.89. The van der Waals surface area contributed by atoms with E-state index in [-0.39, 0.29) is 18.0 Å². The molecule has 3 aromatic rings. The summed E-state index contributed by atoms with van der Waals surface area (Å²) >= 11 is 0. The molecule has 0 saturated heterocycles. The van der Waals surface area contributed by atoms with Crippen LogP contribution in [0.15, 0.2) is 59.8 Å². The Morgan fingerprint density at radius 3 is 2.50 bits per heavy atom. The molecule has 0 atom stereocenters. The number of nitro benzene ring substituents is 1. The Balaban J connectivity index is 1.61. The second-order valence-corrected chi connectivity index (χ2v) is 6.14. The van der Waals surface area contributed by atoms with Crippen molar-refractivity contribution in [1.82, 2.24) is 15.6 Å². The highest BCUT2D eigenvalue weighted by atomic mass is 16.6. The first-order valence-electron chi connectivity index (χ1n) is 8.74. The number of aromatic amines is 1. The van der Waals surface area contributed by atoms with Gasteiger partial charge in [0.15, 0.2) is 0 Å². The number of nitrogens with zero attached hydrogens (tertiary/aromatic N) is 3. The van der Waals surface area contributed by atoms with Gasteiger partial charge in [-0.25, -0.2) is 5.43 Å². The zero-order chi connectivity index (χ0) is 19.9. The van der Waals surface area contributed by atoms with Crippen molar-refractivity contribution >= 4 is 17.8 Å². The summed E-state index contributed by atoms with van der Waals surface area (Å²) in [6.45, 7) is 2.10. The van der Waals surface area contributed by atoms with E-state index < -0.39 is 4.92 Å². The van der Waals surface area contributed by atoms with E-state index in [9.17, 15) is 14.9 Å². The molecule has 0 spiro atoms. The normalized spacial score (nSPS) is 10.9. The van der Waals surface area contributed by atoms with Crippen LogP contribution in [-0.2, 0) is 17.6 Å². The Labute approximate surface area is 161 Å². The summed E-state index contributed by atoms with van der Waals surface area (Å²) in [6, 6.07) is 14.0. The van der Waals surface area contributed by atoms with Crippen molar-refractivity contribution in [3.63, 3.8) is 0 Å². The fourth-order valence-electron chi connectivity index (χ4n) is 2.67. The van der Waals surface area contributed by atoms with Crippen LogP contribution in [0.2, 0.25) is 0 Å². The van der Waals surface area contributed by atoms with Crippen LogP contribution in [0.3, 0.4) is 0 Å². The molecule has 2 N–H and O–H groups in total. The summed E-state index contributed by atoms with van der Waals surface area (Å²) in [5.74, 6) is -0.317. The van der Waals surface area contributed by atoms with E-state index >= 15 is 0 Å². The van der Waals surface area contributed by atoms with Crippen LogP contribution >= 0.6 is 0 Å². The molecule has 1 amide bonds. The highest BCUT2D eigenvalue weighted by Gasteiger charge is 2.08. The number of H-pyrrole nitrogens is 1. The lowest BCUT2D eigenvalue weighted by Crippen LogP contribution is -2.19. The SMILES string of the molecule is CCc1ccc(-c2[nH]ncc2/C=N/NC(=O)Cc2ccc([N+](=O)[O-])cc2)cc1. The van der Waals surface area contributed by atoms with Gasteiger partial charge in [0.05, 0.1) is 29.4 Å². The van der Waals surface area contributed by atoms with Gasteiger partial charge in [-0.1, -0.05) is 43.3 Å². The molecular formula is C20H19N5O3. The molecular weight excluding hydrogens is 358 g/mol. The van der Waals surface area contributed by atoms with Crippen molar-refractivity contribution < 1.29 is 9.72 Å². The van der Waals surface area contributed by atoms with Crippen molar-refractivity contribution in [2.24, 2.45) is 5.10 Å². The number of benzene rings is 2. The fourth-order valence-corrected chi connectivity index (χ4v) is 2.67. The molecule has 0 fully saturated rings. The molecule has 3 rings (SSSR count). The van der Waals surface area contributed by atoms with Gasteiger partial charge in [0.2, 0.25) is 5.91 Å². The van der Waals surface area contributed by atoms with Crippen LogP contribution in [0.25, 0.3) is 11.3 Å². The van der Waals surface area contributed by atoms with Crippen molar-refractivity contribution in [3.05, 3.63) is 81.5 Å². The molecule has 0 aliphatic heterocycles. The van der Waals surface area contributed by atoms with Gasteiger partial charge in [0.1, 0.15) is 0 Å². The molecule has 8 heteroatoms. The molecule has 2 aromatic carbocycles. The molecule has 1 heterocycles. The van der Waals surface area contributed by atoms with Crippen LogP contribution in [0.5, 0.6) is 0 Å². The molecule has 142 valence electrons. The summed E-state index contributed by atoms with van der Waals surface area (Å²) in [5, 5.41) is 21.6. The number of amides is 1. The Hall–Kier alpha value is -3.81. The van der Waals surface area contributed by atoms with E-state index in [1.54, 1.807) is 18.3 Å². The number of rotatable bonds is 7. The van der Waals surface area contributed by atoms with Crippen molar-refractivity contribution in [1.29, 1.82) is 0 Å². The zero-order valence-corrected chi connectivity index (χ0v) is 15.3. The third kappa shape index (κ3) is 4.67. The summed E-state index contributed by atoms with van der Waals surface area (Å²) in [5.41, 5.74) is 6.90. The summed E-state index contributed by atoms with van der Waals surface area (Å²) < 4.78 is 0. The number of aryl methyl sites for hydroxylation is 1. The Morgan fingerprint density at radius 1 is 1.18 bits per heavy atom. The van der Waals surface area contributed by atoms with E-state index in [1.807, 2.05) is 12.1 Å². The second-order valence-electron chi connectivity index (χ2n) is 6.14. The Bertz CT molecular complexity index is 991. The molecule has 0 bridgehead atoms. The minimum absolute atomic E-state index is 0.0124. The van der Waals surface area contributed by atoms with Gasteiger partial charge in [-0.3, -0.25) is 20.0 Å². The quantitative estimate of drug-likeness (QED) is 0.374. The van der Waals surface area contributed by atoms with Gasteiger partial charge >= 0.3 is 0 Å². The number of non-ortho nitro benzene ring substituents is 1. The largest absolute Gasteiger partial charge is 0.277 e. The van der Waals surface area contributed by atoms with Crippen molar-refractivity contribution in [3.8, 4) is 11.3 Å². The average molecular weight is 377 g/mol. The van der Waals surface area contributed by atoms with Gasteiger partial charge in [-0.2, -0.15) is 10.2 Å². The Morgan fingerprint density at radius 2 is 1.86 bits per heavy atom. The summed E-state index contributed by atoms with van der Waals surface area (Å²) in [6.07, 6.45) is 4.21. The molecule has 0 aliphatic rings. The van der Waals surface area contributed by atoms with E-state index in [4.69, 9.17) is 0 Å². The lowest BCUT2D eigenvalue weighted by molar-refractivity contribution is -0.384. The van der Waals surface area contributed by atoms with E-state index in [2.05, 4.69) is 39.8 Å². The van der Waals surface area contributed by atoms with Crippen molar-refractivity contribution in [2.45, 2.75) is 19.8 Å². The number of hydrazone groups is 1. The first-order chi connectivity index (χ1) is 13.6. The van der Waals surface area contributed by atoms with E-state index in [0.717, 1.165) is 23.2 Å². The van der Waals surface area contributed by atoms with E-state index in [0.29, 0.717) is 5.56 Å². The predicted molar refractivity (Wildman–Crippen MR) is 106 cm³/mol. The van der Waals surface area contributed by atoms with E-state index in [1.165, 1.54) is 23.9 Å². The van der Waals surface area contributed by atoms with Gasteiger partial charge in [0, 0.05) is 23.3 Å². The maximum absolute atomic E-state index is 12.0. The van der Waals surface area contributed by atoms with Crippen LogP contribution in [-0.4, -0.2) is 27.2 Å². The third-order valence-corrected chi connectivity index (χ3v) is 4.22. The second kappa shape index (κ2) is 8.72. The first-order valence-corrected chi connectivity index (χ1v) is 8.74. The van der Waals surface area contributed by atoms with Gasteiger partial charge in [-0.15, -0.1) is 0 Å². The molecule has 8 nitrogen and oxygen atoms in total. The lowest BCUT2D eigenvalue weighted by Gasteiger charge is -2.02. The number of carbonyl (C=O) groups excluding carboxylic acids is 1. The minimum atomic E-state index is -0.480. The molecule has 1 aromatic heterocycles. The monoisotopic (exact) mass is 377 g/mol. The first kappa shape index (κ1) is 19.0. The molecule has 28 heavy (non-hydrogen) atoms. The van der Waals surface area contributed by atoms with Crippen LogP contribution in [0.1, 0.15) is 23.6 Å². The standard InChI is InChI=1S/C20H19N5O3/c1-2-14-3-7-16(8-4-14)20-17(13-22-24-20)12-21-23-19(26)11-15-5-9-18(10-6-15)25(27)28/h3-10,12-13H,2,11H2,1H3,(H,22,24)(H,23,26)/b21-12+. The number of hydrogen-bond donors (Lipinski definition) is 2. The van der Waals surface area contributed by atoms with Gasteiger partial charge in [-0.05, 0) is 17.5 Å². The van der Waals surface area contributed by atoms with Gasteiger partial charge in [0.25, 0.3) is 5.69 Å². The summed E-state index contributed by atoms with van der Waals surface area (Å²) in [4.78, 5) is 22.2. The predicted octanol–water partition coefficient (Wildman–Crippen LogP) is 3.24. The van der Waals surface area contributed by atoms with Gasteiger partial charge < -0.3 is 0 Å². The van der Waals surface area contributed by atoms with Crippen molar-refractivity contribution in [2.75, 3.05) is 0 Å². The smallest absolute Gasteiger partial charge is 0.269 e. The van der Waals surface area contributed by atoms with Crippen LogP contribution in [0, 0.1) is 10.1 Å². The van der Waals surface area contributed by atoms with Crippen LogP contribution in [0.4, 0.5) is 5.69 Å². The average Bonchev–Trinajstić information content (AvgIpc) is 3.17. The minimum Gasteiger partial charge on any atom is -0.277 e. The number of nitro groups is 1. The number of hydrogen-bond acceptors (Lipinski definition) is 5. The lowest BCUT2D eigenvalue weighted by atomic mass is 10.1. The summed E-state index contributed by atoms with van der Waals surface area (Å²) in [7, 11) is 0. The fraction of sp³-hybridized carbons (Fsp3) is 0.150. The maximum atomic E-state index is 12.0. The number of carbonyl (C=O) groups is 1. The number of aromatic nitrogens is 2. The zero-order valence-electron chi connectivity index (χ0n) is 15.3. The Kier molecular flexibility index (Phi) is 5.91. The molecule has 0 aliphatic carbocycles. The molecule has 0 unspecified atom stereocenters. The topological polar surface area (TPSA) is 113 Å².